The maximum Gasteiger partial charge on any atom is 0.486 e. The highest BCUT2D eigenvalue weighted by Gasteiger charge is 2.67. The van der Waals surface area contributed by atoms with Crippen LogP contribution in [-0.4, -0.2) is 49.0 Å². The second kappa shape index (κ2) is 9.04. The number of ether oxygens (including phenoxy) is 3. The number of esters is 1. The molecule has 3 heterocycles. The van der Waals surface area contributed by atoms with E-state index in [-0.39, 0.29) is 17.7 Å². The Morgan fingerprint density at radius 2 is 1.84 bits per heavy atom. The van der Waals surface area contributed by atoms with Crippen LogP contribution < -0.4 is 4.74 Å². The number of carbonyl (C=O) groups is 1. The minimum atomic E-state index is -1.03. The highest BCUT2D eigenvalue weighted by Crippen LogP contribution is 2.65. The van der Waals surface area contributed by atoms with Crippen LogP contribution in [0.2, 0.25) is 0 Å². The summed E-state index contributed by atoms with van der Waals surface area (Å²) in [5, 5.41) is 0.358. The van der Waals surface area contributed by atoms with Gasteiger partial charge in [-0.25, -0.2) is 4.79 Å². The van der Waals surface area contributed by atoms with Crippen molar-refractivity contribution in [2.75, 3.05) is 13.2 Å². The Labute approximate surface area is 225 Å². The van der Waals surface area contributed by atoms with Gasteiger partial charge in [0, 0.05) is 42.8 Å². The molecule has 1 aromatic carbocycles. The molecule has 37 heavy (non-hydrogen) atoms. The van der Waals surface area contributed by atoms with Crippen LogP contribution in [0.4, 0.5) is 0 Å². The van der Waals surface area contributed by atoms with E-state index in [2.05, 4.69) is 27.7 Å². The zero-order valence-corrected chi connectivity index (χ0v) is 23.7. The van der Waals surface area contributed by atoms with E-state index in [9.17, 15) is 4.79 Å². The Hall–Kier alpha value is -1.48. The van der Waals surface area contributed by atoms with E-state index in [1.165, 1.54) is 6.42 Å². The fraction of sp³-hybridized carbons (Fsp3) is 0.690. The van der Waals surface area contributed by atoms with E-state index in [0.717, 1.165) is 42.9 Å². The quantitative estimate of drug-likeness (QED) is 0.259. The molecular weight excluding hydrogens is 487 g/mol. The molecule has 1 aromatic rings. The number of rotatable bonds is 5. The lowest BCUT2D eigenvalue weighted by atomic mass is 9.43. The molecule has 8 heteroatoms. The highest BCUT2D eigenvalue weighted by molar-refractivity contribution is 8.00. The molecule has 200 valence electrons. The summed E-state index contributed by atoms with van der Waals surface area (Å²) in [6, 6.07) is 4.06. The van der Waals surface area contributed by atoms with Crippen LogP contribution in [0.5, 0.6) is 5.75 Å². The van der Waals surface area contributed by atoms with Crippen LogP contribution in [0.15, 0.2) is 23.0 Å². The van der Waals surface area contributed by atoms with Crippen molar-refractivity contribution >= 4 is 30.9 Å². The van der Waals surface area contributed by atoms with Crippen molar-refractivity contribution in [3.63, 3.8) is 0 Å². The molecule has 2 saturated heterocycles. The molecule has 5 atom stereocenters. The Morgan fingerprint density at radius 3 is 2.57 bits per heavy atom. The summed E-state index contributed by atoms with van der Waals surface area (Å²) < 4.78 is 30.4. The molecule has 3 aliphatic heterocycles. The molecule has 7 rings (SSSR count). The summed E-state index contributed by atoms with van der Waals surface area (Å²) in [5.74, 6) is 2.97. The molecule has 1 unspecified atom stereocenters. The van der Waals surface area contributed by atoms with Crippen LogP contribution >= 0.6 is 11.8 Å². The average Bonchev–Trinajstić information content (AvgIpc) is 3.19. The van der Waals surface area contributed by atoms with Gasteiger partial charge in [-0.2, -0.15) is 0 Å². The van der Waals surface area contributed by atoms with Gasteiger partial charge in [0.2, 0.25) is 5.79 Å². The molecule has 5 fully saturated rings. The summed E-state index contributed by atoms with van der Waals surface area (Å²) in [4.78, 5) is 14.1. The first-order valence-electron chi connectivity index (χ1n) is 13.8. The van der Waals surface area contributed by atoms with Gasteiger partial charge in [0.1, 0.15) is 11.3 Å². The molecule has 0 aromatic heterocycles. The second-order valence-corrected chi connectivity index (χ2v) is 14.1. The molecule has 2 bridgehead atoms. The fourth-order valence-corrected chi connectivity index (χ4v) is 8.60. The van der Waals surface area contributed by atoms with Crippen LogP contribution in [0.25, 0.3) is 6.08 Å². The van der Waals surface area contributed by atoms with Gasteiger partial charge < -0.3 is 23.5 Å². The lowest BCUT2D eigenvalue weighted by Gasteiger charge is -2.64. The Morgan fingerprint density at radius 1 is 1.08 bits per heavy atom. The minimum absolute atomic E-state index is 0.128. The van der Waals surface area contributed by atoms with Crippen molar-refractivity contribution in [1.29, 1.82) is 0 Å². The number of fused-ring (bicyclic) bond motifs is 1. The van der Waals surface area contributed by atoms with Gasteiger partial charge in [-0.1, -0.05) is 38.9 Å². The predicted octanol–water partition coefficient (Wildman–Crippen LogP) is 6.16. The molecule has 0 spiro atoms. The largest absolute Gasteiger partial charge is 0.486 e. The monoisotopic (exact) mass is 526 g/mol. The van der Waals surface area contributed by atoms with Crippen molar-refractivity contribution < 1.29 is 28.3 Å². The molecule has 0 N–H and O–H groups in total. The Bertz CT molecular complexity index is 1110. The van der Waals surface area contributed by atoms with Crippen molar-refractivity contribution in [1.82, 2.24) is 0 Å². The van der Waals surface area contributed by atoms with Crippen molar-refractivity contribution in [3.8, 4) is 5.75 Å². The van der Waals surface area contributed by atoms with E-state index < -0.39 is 12.9 Å². The molecule has 3 saturated carbocycles. The van der Waals surface area contributed by atoms with E-state index in [4.69, 9.17) is 23.5 Å². The maximum absolute atomic E-state index is 13.2. The van der Waals surface area contributed by atoms with Crippen molar-refractivity contribution in [2.24, 2.45) is 23.2 Å². The maximum atomic E-state index is 13.2. The van der Waals surface area contributed by atoms with Gasteiger partial charge in [0.05, 0.1) is 11.7 Å². The summed E-state index contributed by atoms with van der Waals surface area (Å²) in [5.41, 5.74) is 1.40. The van der Waals surface area contributed by atoms with E-state index >= 15 is 0 Å². The molecular formula is C29H39BO6S. The van der Waals surface area contributed by atoms with Gasteiger partial charge in [0.25, 0.3) is 0 Å². The van der Waals surface area contributed by atoms with E-state index in [0.29, 0.717) is 39.7 Å². The van der Waals surface area contributed by atoms with Crippen molar-refractivity contribution in [2.45, 2.75) is 94.9 Å². The Kier molecular flexibility index (Phi) is 6.30. The first-order valence-corrected chi connectivity index (χ1v) is 14.7. The SMILES string of the molecule is CC(Sc1ccc(/C=C/B2O[C@H]3C[C@H]4C[C@H](C4(C)C)[C@]3(C)O2)c2c1C(=O)OC(C)(C)O2)C1CCOCC1. The second-order valence-electron chi connectivity index (χ2n) is 12.7. The standard InChI is InChI=1S/C29H39BO6S/c1-17(18-10-13-32-14-11-18)37-21-8-7-19(25-24(21)26(31)34-28(4,5)33-25)9-12-30-35-23-16-20-15-22(27(20,2)3)29(23,6)36-30/h7-9,12,17-18,20,22-23H,10-11,13-16H2,1-6H3/b12-9+/t17?,20-,22-,23+,29+/m1/s1. The molecule has 6 aliphatic rings. The third kappa shape index (κ3) is 4.36. The number of thioether (sulfide) groups is 1. The first-order chi connectivity index (χ1) is 17.5. The molecule has 0 amide bonds. The lowest BCUT2D eigenvalue weighted by Crippen LogP contribution is -2.65. The molecule has 0 radical (unpaired) electrons. The van der Waals surface area contributed by atoms with Crippen molar-refractivity contribution in [3.05, 3.63) is 29.2 Å². The third-order valence-electron chi connectivity index (χ3n) is 9.68. The number of carbonyl (C=O) groups excluding carboxylic acids is 1. The zero-order valence-electron chi connectivity index (χ0n) is 22.9. The summed E-state index contributed by atoms with van der Waals surface area (Å²) in [6.45, 7) is 14.4. The van der Waals surface area contributed by atoms with E-state index in [1.807, 2.05) is 24.2 Å². The van der Waals surface area contributed by atoms with Crippen LogP contribution in [0, 0.1) is 23.2 Å². The van der Waals surface area contributed by atoms with Crippen LogP contribution in [-0.2, 0) is 18.8 Å². The van der Waals surface area contributed by atoms with E-state index in [1.54, 1.807) is 25.6 Å². The molecule has 6 nitrogen and oxygen atoms in total. The number of benzene rings is 1. The van der Waals surface area contributed by atoms with Gasteiger partial charge in [-0.05, 0) is 61.8 Å². The summed E-state index contributed by atoms with van der Waals surface area (Å²) in [7, 11) is -0.410. The zero-order chi connectivity index (χ0) is 26.2. The number of cyclic esters (lactones) is 1. The summed E-state index contributed by atoms with van der Waals surface area (Å²) >= 11 is 1.73. The Balaban J connectivity index is 1.25. The highest BCUT2D eigenvalue weighted by atomic mass is 32.2. The molecule has 3 aliphatic carbocycles. The number of hydrogen-bond donors (Lipinski definition) is 0. The first kappa shape index (κ1) is 25.8. The van der Waals surface area contributed by atoms with Gasteiger partial charge in [0.15, 0.2) is 0 Å². The van der Waals surface area contributed by atoms with Gasteiger partial charge in [-0.3, -0.25) is 0 Å². The topological polar surface area (TPSA) is 63.2 Å². The summed E-state index contributed by atoms with van der Waals surface area (Å²) in [6.07, 6.45) is 6.48. The van der Waals surface area contributed by atoms with Gasteiger partial charge >= 0.3 is 13.1 Å². The lowest BCUT2D eigenvalue weighted by molar-refractivity contribution is -0.199. The average molecular weight is 527 g/mol. The normalized spacial score (nSPS) is 34.8. The predicted molar refractivity (Wildman–Crippen MR) is 145 cm³/mol. The fourth-order valence-electron chi connectivity index (χ4n) is 7.30. The number of hydrogen-bond acceptors (Lipinski definition) is 7. The van der Waals surface area contributed by atoms with Gasteiger partial charge in [-0.15, -0.1) is 11.8 Å². The van der Waals surface area contributed by atoms with Crippen LogP contribution in [0.1, 0.15) is 83.1 Å². The smallest absolute Gasteiger partial charge is 0.451 e. The van der Waals surface area contributed by atoms with Crippen LogP contribution in [0.3, 0.4) is 0 Å². The minimum Gasteiger partial charge on any atom is -0.451 e. The third-order valence-corrected chi connectivity index (χ3v) is 11.0.